The van der Waals surface area contributed by atoms with Gasteiger partial charge in [0.1, 0.15) is 5.75 Å². The van der Waals surface area contributed by atoms with Crippen molar-refractivity contribution in [3.05, 3.63) is 64.3 Å². The zero-order chi connectivity index (χ0) is 15.1. The van der Waals surface area contributed by atoms with E-state index in [1.54, 1.807) is 7.11 Å². The molecule has 1 atom stereocenters. The van der Waals surface area contributed by atoms with Gasteiger partial charge in [0.15, 0.2) is 0 Å². The van der Waals surface area contributed by atoms with Crippen LogP contribution in [0.1, 0.15) is 22.9 Å². The maximum Gasteiger partial charge on any atom is 0.119 e. The number of ether oxygens (including phenoxy) is 1. The Bertz CT molecular complexity index is 840. The van der Waals surface area contributed by atoms with Gasteiger partial charge >= 0.3 is 0 Å². The van der Waals surface area contributed by atoms with E-state index in [0.29, 0.717) is 0 Å². The highest BCUT2D eigenvalue weighted by Gasteiger charge is 2.25. The van der Waals surface area contributed by atoms with E-state index in [1.807, 2.05) is 18.2 Å². The van der Waals surface area contributed by atoms with Gasteiger partial charge in [0.2, 0.25) is 0 Å². The number of hydrogen-bond acceptors (Lipinski definition) is 2. The van der Waals surface area contributed by atoms with Crippen molar-refractivity contribution < 1.29 is 4.74 Å². The molecule has 0 aliphatic carbocycles. The topological polar surface area (TPSA) is 37.0 Å². The van der Waals surface area contributed by atoms with Crippen LogP contribution in [0.2, 0.25) is 5.02 Å². The molecule has 0 radical (unpaired) electrons. The Labute approximate surface area is 134 Å². The van der Waals surface area contributed by atoms with Crippen LogP contribution in [0.5, 0.6) is 5.75 Å². The number of benzene rings is 2. The summed E-state index contributed by atoms with van der Waals surface area (Å²) >= 11 is 6.17. The Hall–Kier alpha value is -1.97. The van der Waals surface area contributed by atoms with Crippen molar-refractivity contribution in [1.82, 2.24) is 10.3 Å². The summed E-state index contributed by atoms with van der Waals surface area (Å²) < 4.78 is 5.35. The van der Waals surface area contributed by atoms with Crippen LogP contribution in [0.3, 0.4) is 0 Å². The molecule has 112 valence electrons. The highest BCUT2D eigenvalue weighted by atomic mass is 35.5. The molecule has 4 heteroatoms. The second kappa shape index (κ2) is 5.34. The number of halogens is 1. The monoisotopic (exact) mass is 312 g/mol. The second-order valence-corrected chi connectivity index (χ2v) is 6.06. The van der Waals surface area contributed by atoms with Gasteiger partial charge in [0, 0.05) is 28.2 Å². The predicted molar refractivity (Wildman–Crippen MR) is 89.9 cm³/mol. The molecule has 3 aromatic rings. The summed E-state index contributed by atoms with van der Waals surface area (Å²) in [4.78, 5) is 3.57. The molecule has 1 aromatic heterocycles. The minimum absolute atomic E-state index is 0.157. The molecular formula is C18H17ClN2O. The normalized spacial score (nSPS) is 17.5. The SMILES string of the molecule is COc1cccc(C2NCCc3c2[nH]c2ccc(Cl)cc32)c1. The van der Waals surface area contributed by atoms with E-state index in [-0.39, 0.29) is 6.04 Å². The lowest BCUT2D eigenvalue weighted by Gasteiger charge is -2.25. The van der Waals surface area contributed by atoms with Gasteiger partial charge in [0.05, 0.1) is 13.2 Å². The van der Waals surface area contributed by atoms with E-state index in [2.05, 4.69) is 34.6 Å². The number of nitrogens with one attached hydrogen (secondary N) is 2. The molecule has 0 fully saturated rings. The highest BCUT2D eigenvalue weighted by molar-refractivity contribution is 6.31. The van der Waals surface area contributed by atoms with Crippen molar-refractivity contribution in [3.63, 3.8) is 0 Å². The molecule has 1 unspecified atom stereocenters. The molecule has 22 heavy (non-hydrogen) atoms. The van der Waals surface area contributed by atoms with Crippen LogP contribution in [0.4, 0.5) is 0 Å². The summed E-state index contributed by atoms with van der Waals surface area (Å²) in [5.74, 6) is 0.880. The number of fused-ring (bicyclic) bond motifs is 3. The highest BCUT2D eigenvalue weighted by Crippen LogP contribution is 2.35. The van der Waals surface area contributed by atoms with Crippen LogP contribution in [0.15, 0.2) is 42.5 Å². The van der Waals surface area contributed by atoms with Gasteiger partial charge in [-0.25, -0.2) is 0 Å². The van der Waals surface area contributed by atoms with Gasteiger partial charge in [0.25, 0.3) is 0 Å². The summed E-state index contributed by atoms with van der Waals surface area (Å²) in [6.45, 7) is 0.953. The molecule has 3 nitrogen and oxygen atoms in total. The zero-order valence-corrected chi connectivity index (χ0v) is 13.1. The molecule has 0 saturated heterocycles. The van der Waals surface area contributed by atoms with E-state index in [4.69, 9.17) is 16.3 Å². The molecule has 1 aliphatic rings. The van der Waals surface area contributed by atoms with E-state index in [0.717, 1.165) is 29.3 Å². The molecule has 0 spiro atoms. The average Bonchev–Trinajstić information content (AvgIpc) is 2.93. The van der Waals surface area contributed by atoms with Crippen LogP contribution in [-0.2, 0) is 6.42 Å². The maximum atomic E-state index is 6.17. The first-order chi connectivity index (χ1) is 10.8. The molecule has 0 saturated carbocycles. The fourth-order valence-corrected chi connectivity index (χ4v) is 3.48. The van der Waals surface area contributed by atoms with E-state index >= 15 is 0 Å². The third-order valence-corrected chi connectivity index (χ3v) is 4.58. The fourth-order valence-electron chi connectivity index (χ4n) is 3.31. The third-order valence-electron chi connectivity index (χ3n) is 4.34. The lowest BCUT2D eigenvalue weighted by atomic mass is 9.94. The Balaban J connectivity index is 1.86. The van der Waals surface area contributed by atoms with Crippen LogP contribution in [0.25, 0.3) is 10.9 Å². The van der Waals surface area contributed by atoms with E-state index in [1.165, 1.54) is 22.2 Å². The minimum Gasteiger partial charge on any atom is -0.497 e. The Morgan fingerprint density at radius 3 is 2.95 bits per heavy atom. The Kier molecular flexibility index (Phi) is 3.32. The van der Waals surface area contributed by atoms with E-state index in [9.17, 15) is 0 Å². The quantitative estimate of drug-likeness (QED) is 0.748. The molecule has 0 bridgehead atoms. The number of hydrogen-bond donors (Lipinski definition) is 2. The zero-order valence-electron chi connectivity index (χ0n) is 12.3. The van der Waals surface area contributed by atoms with Gasteiger partial charge in [-0.1, -0.05) is 23.7 Å². The molecule has 1 aliphatic heterocycles. The summed E-state index contributed by atoms with van der Waals surface area (Å²) in [6.07, 6.45) is 1.01. The predicted octanol–water partition coefficient (Wildman–Crippen LogP) is 4.07. The van der Waals surface area contributed by atoms with Crippen LogP contribution in [-0.4, -0.2) is 18.6 Å². The first-order valence-corrected chi connectivity index (χ1v) is 7.81. The summed E-state index contributed by atoms with van der Waals surface area (Å²) in [5.41, 5.74) is 4.95. The van der Waals surface area contributed by atoms with E-state index < -0.39 is 0 Å². The number of aromatic nitrogens is 1. The van der Waals surface area contributed by atoms with Crippen molar-refractivity contribution in [2.45, 2.75) is 12.5 Å². The summed E-state index contributed by atoms with van der Waals surface area (Å²) in [6, 6.07) is 14.4. The van der Waals surface area contributed by atoms with Gasteiger partial charge < -0.3 is 15.0 Å². The van der Waals surface area contributed by atoms with Gasteiger partial charge in [-0.2, -0.15) is 0 Å². The molecule has 0 amide bonds. The van der Waals surface area contributed by atoms with Crippen molar-refractivity contribution in [1.29, 1.82) is 0 Å². The molecule has 2 heterocycles. The van der Waals surface area contributed by atoms with Crippen LogP contribution >= 0.6 is 11.6 Å². The maximum absolute atomic E-state index is 6.17. The number of H-pyrrole nitrogens is 1. The standard InChI is InChI=1S/C18H17ClN2O/c1-22-13-4-2-3-11(9-13)17-18-14(7-8-20-17)15-10-12(19)5-6-16(15)21-18/h2-6,9-10,17,20-21H,7-8H2,1H3. The first-order valence-electron chi connectivity index (χ1n) is 7.43. The van der Waals surface area contributed by atoms with Crippen LogP contribution < -0.4 is 10.1 Å². The summed E-state index contributed by atoms with van der Waals surface area (Å²) in [5, 5.41) is 5.62. The van der Waals surface area contributed by atoms with Crippen molar-refractivity contribution >= 4 is 22.5 Å². The molecule has 2 N–H and O–H groups in total. The lowest BCUT2D eigenvalue weighted by molar-refractivity contribution is 0.413. The van der Waals surface area contributed by atoms with Gasteiger partial charge in [-0.15, -0.1) is 0 Å². The number of methoxy groups -OCH3 is 1. The largest absolute Gasteiger partial charge is 0.497 e. The fraction of sp³-hybridized carbons (Fsp3) is 0.222. The minimum atomic E-state index is 0.157. The summed E-state index contributed by atoms with van der Waals surface area (Å²) in [7, 11) is 1.70. The molecular weight excluding hydrogens is 296 g/mol. The Morgan fingerprint density at radius 2 is 2.09 bits per heavy atom. The van der Waals surface area contributed by atoms with Crippen molar-refractivity contribution in [3.8, 4) is 5.75 Å². The number of rotatable bonds is 2. The third kappa shape index (κ3) is 2.18. The number of aromatic amines is 1. The van der Waals surface area contributed by atoms with Gasteiger partial charge in [-0.05, 0) is 47.9 Å². The Morgan fingerprint density at radius 1 is 1.18 bits per heavy atom. The van der Waals surface area contributed by atoms with Gasteiger partial charge in [-0.3, -0.25) is 0 Å². The van der Waals surface area contributed by atoms with Crippen molar-refractivity contribution in [2.24, 2.45) is 0 Å². The molecule has 2 aromatic carbocycles. The molecule has 4 rings (SSSR count). The van der Waals surface area contributed by atoms with Crippen LogP contribution in [0, 0.1) is 0 Å². The lowest BCUT2D eigenvalue weighted by Crippen LogP contribution is -2.30. The van der Waals surface area contributed by atoms with Crippen molar-refractivity contribution in [2.75, 3.05) is 13.7 Å². The average molecular weight is 313 g/mol. The first kappa shape index (κ1) is 13.7. The second-order valence-electron chi connectivity index (χ2n) is 5.62. The smallest absolute Gasteiger partial charge is 0.119 e.